The molecule has 2 atom stereocenters. The van der Waals surface area contributed by atoms with Gasteiger partial charge in [-0.05, 0) is 38.8 Å². The Bertz CT molecular complexity index is 524. The summed E-state index contributed by atoms with van der Waals surface area (Å²) >= 11 is 0. The van der Waals surface area contributed by atoms with Crippen molar-refractivity contribution in [3.05, 3.63) is 0 Å². The molecule has 0 aromatic rings. The smallest absolute Gasteiger partial charge is 0.223 e. The molecule has 0 radical (unpaired) electrons. The molecule has 7 nitrogen and oxygen atoms in total. The van der Waals surface area contributed by atoms with Gasteiger partial charge in [-0.3, -0.25) is 4.79 Å². The van der Waals surface area contributed by atoms with Gasteiger partial charge in [0.2, 0.25) is 5.91 Å². The van der Waals surface area contributed by atoms with E-state index in [0.29, 0.717) is 6.04 Å². The van der Waals surface area contributed by atoms with Crippen LogP contribution in [-0.2, 0) is 19.4 Å². The molecule has 3 rings (SSSR count). The number of hydrogen-bond donors (Lipinski definition) is 2. The molecule has 3 fully saturated rings. The van der Waals surface area contributed by atoms with Crippen LogP contribution in [0.1, 0.15) is 25.7 Å². The lowest BCUT2D eigenvalue weighted by molar-refractivity contribution is -0.128. The van der Waals surface area contributed by atoms with Gasteiger partial charge in [0.25, 0.3) is 0 Å². The average molecular weight is 346 g/mol. The Labute approximate surface area is 137 Å². The van der Waals surface area contributed by atoms with Crippen LogP contribution in [0, 0.1) is 5.92 Å². The van der Waals surface area contributed by atoms with E-state index in [1.54, 1.807) is 0 Å². The molecule has 0 saturated carbocycles. The van der Waals surface area contributed by atoms with Crippen LogP contribution in [0.2, 0.25) is 0 Å². The van der Waals surface area contributed by atoms with Crippen LogP contribution in [0.3, 0.4) is 0 Å². The summed E-state index contributed by atoms with van der Waals surface area (Å²) in [6.07, 6.45) is 2.72. The normalized spacial score (nSPS) is 33.6. The van der Waals surface area contributed by atoms with E-state index in [0.717, 1.165) is 52.0 Å². The molecular weight excluding hydrogens is 320 g/mol. The number of aliphatic hydroxyl groups is 1. The molecular formula is C15H26N2O5S. The molecule has 3 heterocycles. The van der Waals surface area contributed by atoms with Gasteiger partial charge in [0.15, 0.2) is 9.84 Å². The molecule has 3 saturated heterocycles. The van der Waals surface area contributed by atoms with E-state index in [-0.39, 0.29) is 23.3 Å². The fraction of sp³-hybridized carbons (Fsp3) is 0.933. The van der Waals surface area contributed by atoms with Crippen LogP contribution >= 0.6 is 0 Å². The summed E-state index contributed by atoms with van der Waals surface area (Å²) in [5.41, 5.74) is 0. The molecule has 3 aliphatic heterocycles. The lowest BCUT2D eigenvalue weighted by atomic mass is 9.93. The highest BCUT2D eigenvalue weighted by molar-refractivity contribution is 7.91. The molecule has 0 aromatic carbocycles. The Hall–Kier alpha value is -0.700. The minimum absolute atomic E-state index is 0.0819. The Morgan fingerprint density at radius 2 is 1.74 bits per heavy atom. The van der Waals surface area contributed by atoms with Crippen molar-refractivity contribution in [3.8, 4) is 0 Å². The standard InChI is InChI=1S/C15H26N2O5S/c18-14-10-23(20,21)9-13(14)16-15(19)11-1-5-17(6-2-11)12-3-7-22-8-4-12/h11-14,18H,1-10H2,(H,16,19)/t13-,14-/m1/s1. The molecule has 0 unspecified atom stereocenters. The van der Waals surface area contributed by atoms with E-state index in [1.165, 1.54) is 0 Å². The van der Waals surface area contributed by atoms with Gasteiger partial charge in [0, 0.05) is 25.2 Å². The summed E-state index contributed by atoms with van der Waals surface area (Å²) in [4.78, 5) is 14.8. The van der Waals surface area contributed by atoms with Gasteiger partial charge in [0.1, 0.15) is 0 Å². The number of aliphatic hydroxyl groups excluding tert-OH is 1. The minimum atomic E-state index is -3.23. The van der Waals surface area contributed by atoms with Crippen molar-refractivity contribution in [2.45, 2.75) is 43.9 Å². The topological polar surface area (TPSA) is 95.9 Å². The van der Waals surface area contributed by atoms with Crippen LogP contribution < -0.4 is 5.32 Å². The molecule has 8 heteroatoms. The van der Waals surface area contributed by atoms with Crippen molar-refractivity contribution in [2.75, 3.05) is 37.8 Å². The lowest BCUT2D eigenvalue weighted by Gasteiger charge is -2.39. The SMILES string of the molecule is O=C(N[C@@H]1CS(=O)(=O)C[C@H]1O)C1CCN(C2CCOCC2)CC1. The number of likely N-dealkylation sites (tertiary alicyclic amines) is 1. The maximum Gasteiger partial charge on any atom is 0.223 e. The molecule has 23 heavy (non-hydrogen) atoms. The minimum Gasteiger partial charge on any atom is -0.390 e. The van der Waals surface area contributed by atoms with Gasteiger partial charge in [-0.15, -0.1) is 0 Å². The van der Waals surface area contributed by atoms with E-state index in [4.69, 9.17) is 4.74 Å². The third-order valence-corrected chi connectivity index (χ3v) is 6.97. The Kier molecular flexibility index (Phi) is 5.25. The second-order valence-corrected chi connectivity index (χ2v) is 9.07. The van der Waals surface area contributed by atoms with E-state index >= 15 is 0 Å². The van der Waals surface area contributed by atoms with Crippen molar-refractivity contribution in [2.24, 2.45) is 5.92 Å². The first-order valence-electron chi connectivity index (χ1n) is 8.45. The molecule has 1 amide bonds. The van der Waals surface area contributed by atoms with Crippen LogP contribution in [0.25, 0.3) is 0 Å². The molecule has 0 aliphatic carbocycles. The molecule has 0 bridgehead atoms. The van der Waals surface area contributed by atoms with Crippen LogP contribution in [0.15, 0.2) is 0 Å². The summed E-state index contributed by atoms with van der Waals surface area (Å²) in [5.74, 6) is -0.597. The highest BCUT2D eigenvalue weighted by Crippen LogP contribution is 2.24. The zero-order valence-electron chi connectivity index (χ0n) is 13.3. The average Bonchev–Trinajstić information content (AvgIpc) is 2.80. The predicted molar refractivity (Wildman–Crippen MR) is 84.7 cm³/mol. The maximum absolute atomic E-state index is 12.3. The summed E-state index contributed by atoms with van der Waals surface area (Å²) < 4.78 is 28.4. The second kappa shape index (κ2) is 7.04. The largest absolute Gasteiger partial charge is 0.390 e. The fourth-order valence-electron chi connectivity index (χ4n) is 3.84. The third-order valence-electron chi connectivity index (χ3n) is 5.26. The number of sulfone groups is 1. The van der Waals surface area contributed by atoms with Crippen molar-refractivity contribution in [1.82, 2.24) is 10.2 Å². The first-order valence-corrected chi connectivity index (χ1v) is 10.3. The number of amides is 1. The van der Waals surface area contributed by atoms with Crippen LogP contribution in [0.4, 0.5) is 0 Å². The van der Waals surface area contributed by atoms with E-state index in [1.807, 2.05) is 0 Å². The summed E-state index contributed by atoms with van der Waals surface area (Å²) in [7, 11) is -3.23. The summed E-state index contributed by atoms with van der Waals surface area (Å²) in [6.45, 7) is 3.43. The molecule has 132 valence electrons. The number of hydrogen-bond acceptors (Lipinski definition) is 6. The van der Waals surface area contributed by atoms with Crippen molar-refractivity contribution < 1.29 is 23.1 Å². The van der Waals surface area contributed by atoms with Gasteiger partial charge in [0.05, 0.1) is 23.7 Å². The number of rotatable bonds is 3. The molecule has 0 spiro atoms. The Morgan fingerprint density at radius 1 is 1.09 bits per heavy atom. The number of piperidine rings is 1. The monoisotopic (exact) mass is 346 g/mol. The quantitative estimate of drug-likeness (QED) is 0.691. The van der Waals surface area contributed by atoms with E-state index in [9.17, 15) is 18.3 Å². The molecule has 3 aliphatic rings. The predicted octanol–water partition coefficient (Wildman–Crippen LogP) is -0.848. The fourth-order valence-corrected chi connectivity index (χ4v) is 5.59. The van der Waals surface area contributed by atoms with Gasteiger partial charge >= 0.3 is 0 Å². The van der Waals surface area contributed by atoms with Gasteiger partial charge in [-0.25, -0.2) is 8.42 Å². The number of carbonyl (C=O) groups is 1. The Balaban J connectivity index is 1.47. The van der Waals surface area contributed by atoms with Gasteiger partial charge in [-0.2, -0.15) is 0 Å². The lowest BCUT2D eigenvalue weighted by Crippen LogP contribution is -2.49. The van der Waals surface area contributed by atoms with Gasteiger partial charge in [-0.1, -0.05) is 0 Å². The van der Waals surface area contributed by atoms with Gasteiger partial charge < -0.3 is 20.1 Å². The van der Waals surface area contributed by atoms with E-state index < -0.39 is 22.0 Å². The number of nitrogens with zero attached hydrogens (tertiary/aromatic N) is 1. The van der Waals surface area contributed by atoms with Crippen molar-refractivity contribution >= 4 is 15.7 Å². The summed E-state index contributed by atoms with van der Waals surface area (Å²) in [6, 6.07) is -0.0874. The van der Waals surface area contributed by atoms with E-state index in [2.05, 4.69) is 10.2 Å². The number of nitrogens with one attached hydrogen (secondary N) is 1. The maximum atomic E-state index is 12.3. The summed E-state index contributed by atoms with van der Waals surface area (Å²) in [5, 5.41) is 12.5. The zero-order valence-corrected chi connectivity index (χ0v) is 14.1. The van der Waals surface area contributed by atoms with Crippen LogP contribution in [0.5, 0.6) is 0 Å². The Morgan fingerprint density at radius 3 is 2.30 bits per heavy atom. The van der Waals surface area contributed by atoms with Crippen LogP contribution in [-0.4, -0.2) is 80.3 Å². The van der Waals surface area contributed by atoms with Crippen molar-refractivity contribution in [3.63, 3.8) is 0 Å². The molecule has 2 N–H and O–H groups in total. The highest BCUT2D eigenvalue weighted by atomic mass is 32.2. The number of carbonyl (C=O) groups excluding carboxylic acids is 1. The molecule has 0 aromatic heterocycles. The first-order chi connectivity index (χ1) is 10.9. The first kappa shape index (κ1) is 17.1. The number of ether oxygens (including phenoxy) is 1. The third kappa shape index (κ3) is 4.23. The highest BCUT2D eigenvalue weighted by Gasteiger charge is 2.38. The van der Waals surface area contributed by atoms with Crippen molar-refractivity contribution in [1.29, 1.82) is 0 Å². The second-order valence-electron chi connectivity index (χ2n) is 6.91. The zero-order chi connectivity index (χ0) is 16.4.